The van der Waals surface area contributed by atoms with E-state index in [1.807, 2.05) is 43.3 Å². The maximum atomic E-state index is 12.5. The summed E-state index contributed by atoms with van der Waals surface area (Å²) in [6, 6.07) is 16.1. The molecule has 2 aromatic rings. The highest BCUT2D eigenvalue weighted by molar-refractivity contribution is 6.32. The lowest BCUT2D eigenvalue weighted by molar-refractivity contribution is 0.0925. The standard InChI is InChI=1S/C23H26ClN3O/c1-3-27(21-11-8-18(15-25)22(24)14-21)20-12-9-19(10-13-20)26-23(28)17-6-4-16(2)5-7-17/h4-8,11,14,19-20H,3,9-10,12-13H2,1-2H3,(H,26,28)/t19-,20-. The number of amides is 1. The first-order chi connectivity index (χ1) is 13.5. The van der Waals surface area contributed by atoms with Crippen LogP contribution in [-0.2, 0) is 0 Å². The predicted molar refractivity (Wildman–Crippen MR) is 114 cm³/mol. The van der Waals surface area contributed by atoms with E-state index in [1.165, 1.54) is 0 Å². The Bertz CT molecular complexity index is 864. The Morgan fingerprint density at radius 3 is 2.43 bits per heavy atom. The van der Waals surface area contributed by atoms with Gasteiger partial charge in [0.25, 0.3) is 5.91 Å². The minimum atomic E-state index is 0.00896. The second-order valence-electron chi connectivity index (χ2n) is 7.41. The number of aryl methyl sites for hydroxylation is 1. The molecule has 2 aromatic carbocycles. The van der Waals surface area contributed by atoms with Gasteiger partial charge in [-0.05, 0) is 69.9 Å². The summed E-state index contributed by atoms with van der Waals surface area (Å²) in [6.45, 7) is 5.04. The quantitative estimate of drug-likeness (QED) is 0.767. The van der Waals surface area contributed by atoms with Crippen LogP contribution in [0.4, 0.5) is 5.69 Å². The van der Waals surface area contributed by atoms with Crippen LogP contribution in [-0.4, -0.2) is 24.5 Å². The van der Waals surface area contributed by atoms with Gasteiger partial charge in [0.15, 0.2) is 0 Å². The summed E-state index contributed by atoms with van der Waals surface area (Å²) in [5.74, 6) is 0.00896. The van der Waals surface area contributed by atoms with E-state index < -0.39 is 0 Å². The van der Waals surface area contributed by atoms with Gasteiger partial charge in [-0.2, -0.15) is 5.26 Å². The van der Waals surface area contributed by atoms with Gasteiger partial charge in [-0.15, -0.1) is 0 Å². The average Bonchev–Trinajstić information content (AvgIpc) is 2.70. The van der Waals surface area contributed by atoms with Crippen LogP contribution in [0.25, 0.3) is 0 Å². The SMILES string of the molecule is CCN(c1ccc(C#N)c(Cl)c1)[C@H]1CC[C@H](NC(=O)c2ccc(C)cc2)CC1. The second-order valence-corrected chi connectivity index (χ2v) is 7.81. The third-order valence-corrected chi connectivity index (χ3v) is 5.84. The van der Waals surface area contributed by atoms with Crippen LogP contribution in [0.2, 0.25) is 5.02 Å². The van der Waals surface area contributed by atoms with Crippen molar-refractivity contribution in [3.63, 3.8) is 0 Å². The normalized spacial score (nSPS) is 18.9. The summed E-state index contributed by atoms with van der Waals surface area (Å²) in [5.41, 5.74) is 3.43. The zero-order valence-electron chi connectivity index (χ0n) is 16.4. The summed E-state index contributed by atoms with van der Waals surface area (Å²) in [5, 5.41) is 12.7. The Balaban J connectivity index is 1.59. The molecule has 1 amide bonds. The fraction of sp³-hybridized carbons (Fsp3) is 0.391. The largest absolute Gasteiger partial charge is 0.369 e. The first kappa shape index (κ1) is 20.2. The van der Waals surface area contributed by atoms with Crippen LogP contribution in [0.15, 0.2) is 42.5 Å². The molecular formula is C23H26ClN3O. The van der Waals surface area contributed by atoms with Crippen molar-refractivity contribution in [3.8, 4) is 6.07 Å². The third kappa shape index (κ3) is 4.66. The van der Waals surface area contributed by atoms with E-state index in [2.05, 4.69) is 23.2 Å². The van der Waals surface area contributed by atoms with E-state index >= 15 is 0 Å². The molecular weight excluding hydrogens is 370 g/mol. The average molecular weight is 396 g/mol. The Hall–Kier alpha value is -2.51. The molecule has 1 N–H and O–H groups in total. The van der Waals surface area contributed by atoms with Gasteiger partial charge in [-0.1, -0.05) is 29.3 Å². The summed E-state index contributed by atoms with van der Waals surface area (Å²) in [7, 11) is 0. The number of nitriles is 1. The van der Waals surface area contributed by atoms with E-state index in [4.69, 9.17) is 16.9 Å². The lowest BCUT2D eigenvalue weighted by atomic mass is 9.89. The van der Waals surface area contributed by atoms with Gasteiger partial charge in [0.05, 0.1) is 10.6 Å². The molecule has 28 heavy (non-hydrogen) atoms. The van der Waals surface area contributed by atoms with Crippen molar-refractivity contribution >= 4 is 23.2 Å². The molecule has 0 heterocycles. The number of carbonyl (C=O) groups is 1. The minimum absolute atomic E-state index is 0.00896. The van der Waals surface area contributed by atoms with Crippen molar-refractivity contribution in [1.82, 2.24) is 5.32 Å². The number of benzene rings is 2. The molecule has 0 atom stereocenters. The van der Waals surface area contributed by atoms with Gasteiger partial charge in [-0.3, -0.25) is 4.79 Å². The van der Waals surface area contributed by atoms with E-state index in [9.17, 15) is 4.79 Å². The number of nitrogens with zero attached hydrogens (tertiary/aromatic N) is 2. The number of hydrogen-bond donors (Lipinski definition) is 1. The monoisotopic (exact) mass is 395 g/mol. The topological polar surface area (TPSA) is 56.1 Å². The minimum Gasteiger partial charge on any atom is -0.369 e. The predicted octanol–water partition coefficient (Wildman–Crippen LogP) is 5.09. The Labute approximate surface area is 172 Å². The van der Waals surface area contributed by atoms with Gasteiger partial charge in [-0.25, -0.2) is 0 Å². The smallest absolute Gasteiger partial charge is 0.251 e. The third-order valence-electron chi connectivity index (χ3n) is 5.53. The molecule has 146 valence electrons. The molecule has 0 spiro atoms. The lowest BCUT2D eigenvalue weighted by Gasteiger charge is -2.38. The number of carbonyl (C=O) groups excluding carboxylic acids is 1. The highest BCUT2D eigenvalue weighted by Crippen LogP contribution is 2.30. The van der Waals surface area contributed by atoms with E-state index in [0.717, 1.165) is 49.0 Å². The zero-order chi connectivity index (χ0) is 20.1. The molecule has 1 aliphatic rings. The number of hydrogen-bond acceptors (Lipinski definition) is 3. The Morgan fingerprint density at radius 2 is 1.86 bits per heavy atom. The number of halogens is 1. The molecule has 0 radical (unpaired) electrons. The van der Waals surface area contributed by atoms with Gasteiger partial charge >= 0.3 is 0 Å². The fourth-order valence-corrected chi connectivity index (χ4v) is 4.15. The first-order valence-corrected chi connectivity index (χ1v) is 10.2. The second kappa shape index (κ2) is 9.12. The summed E-state index contributed by atoms with van der Waals surface area (Å²) in [4.78, 5) is 14.8. The van der Waals surface area contributed by atoms with E-state index in [-0.39, 0.29) is 11.9 Å². The highest BCUT2D eigenvalue weighted by Gasteiger charge is 2.26. The molecule has 0 aromatic heterocycles. The number of nitrogens with one attached hydrogen (secondary N) is 1. The van der Waals surface area contributed by atoms with Gasteiger partial charge in [0, 0.05) is 29.9 Å². The van der Waals surface area contributed by atoms with Crippen molar-refractivity contribution in [2.24, 2.45) is 0 Å². The van der Waals surface area contributed by atoms with E-state index in [1.54, 1.807) is 6.07 Å². The number of rotatable bonds is 5. The maximum absolute atomic E-state index is 12.5. The molecule has 3 rings (SSSR count). The zero-order valence-corrected chi connectivity index (χ0v) is 17.2. The highest BCUT2D eigenvalue weighted by atomic mass is 35.5. The van der Waals surface area contributed by atoms with Gasteiger partial charge in [0.1, 0.15) is 6.07 Å². The summed E-state index contributed by atoms with van der Waals surface area (Å²) >= 11 is 6.22. The molecule has 0 bridgehead atoms. The lowest BCUT2D eigenvalue weighted by Crippen LogP contribution is -2.44. The molecule has 0 unspecified atom stereocenters. The fourth-order valence-electron chi connectivity index (χ4n) is 3.93. The van der Waals surface area contributed by atoms with Crippen LogP contribution in [0, 0.1) is 18.3 Å². The number of anilines is 1. The van der Waals surface area contributed by atoms with Crippen molar-refractivity contribution in [3.05, 3.63) is 64.2 Å². The molecule has 1 aliphatic carbocycles. The van der Waals surface area contributed by atoms with Crippen molar-refractivity contribution in [2.75, 3.05) is 11.4 Å². The van der Waals surface area contributed by atoms with Crippen LogP contribution in [0.5, 0.6) is 0 Å². The molecule has 0 aliphatic heterocycles. The van der Waals surface area contributed by atoms with Crippen molar-refractivity contribution in [2.45, 2.75) is 51.6 Å². The molecule has 4 nitrogen and oxygen atoms in total. The Kier molecular flexibility index (Phi) is 6.59. The first-order valence-electron chi connectivity index (χ1n) is 9.85. The van der Waals surface area contributed by atoms with Crippen LogP contribution in [0.3, 0.4) is 0 Å². The summed E-state index contributed by atoms with van der Waals surface area (Å²) in [6.07, 6.45) is 3.96. The molecule has 1 fully saturated rings. The summed E-state index contributed by atoms with van der Waals surface area (Å²) < 4.78 is 0. The molecule has 0 saturated heterocycles. The molecule has 1 saturated carbocycles. The Morgan fingerprint density at radius 1 is 1.18 bits per heavy atom. The van der Waals surface area contributed by atoms with Crippen LogP contribution >= 0.6 is 11.6 Å². The van der Waals surface area contributed by atoms with Crippen molar-refractivity contribution in [1.29, 1.82) is 5.26 Å². The van der Waals surface area contributed by atoms with Gasteiger partial charge < -0.3 is 10.2 Å². The van der Waals surface area contributed by atoms with Gasteiger partial charge in [0.2, 0.25) is 0 Å². The maximum Gasteiger partial charge on any atom is 0.251 e. The van der Waals surface area contributed by atoms with Crippen LogP contribution < -0.4 is 10.2 Å². The molecule has 5 heteroatoms. The van der Waals surface area contributed by atoms with Crippen molar-refractivity contribution < 1.29 is 4.79 Å². The van der Waals surface area contributed by atoms with E-state index in [0.29, 0.717) is 16.6 Å². The van der Waals surface area contributed by atoms with Crippen LogP contribution in [0.1, 0.15) is 54.1 Å².